The standard InChI is InChI=1S/C11H17NO3/c1-7(5-4-6-13)12-10(14)8(2)9(3)11(12)15/h7,13H,4-6H2,1-3H3. The molecule has 0 aromatic carbocycles. The van der Waals surface area contributed by atoms with Crippen LogP contribution >= 0.6 is 0 Å². The molecule has 4 nitrogen and oxygen atoms in total. The van der Waals surface area contributed by atoms with E-state index >= 15 is 0 Å². The topological polar surface area (TPSA) is 57.6 Å². The quantitative estimate of drug-likeness (QED) is 0.701. The summed E-state index contributed by atoms with van der Waals surface area (Å²) in [5.74, 6) is -0.383. The van der Waals surface area contributed by atoms with E-state index in [1.54, 1.807) is 13.8 Å². The van der Waals surface area contributed by atoms with Crippen LogP contribution in [0.4, 0.5) is 0 Å². The molecule has 4 heteroatoms. The summed E-state index contributed by atoms with van der Waals surface area (Å²) in [6, 6.07) is -0.135. The fraction of sp³-hybridized carbons (Fsp3) is 0.636. The third-order valence-electron chi connectivity index (χ3n) is 2.86. The van der Waals surface area contributed by atoms with E-state index in [1.807, 2.05) is 6.92 Å². The van der Waals surface area contributed by atoms with Crippen molar-refractivity contribution in [2.24, 2.45) is 0 Å². The van der Waals surface area contributed by atoms with E-state index in [0.717, 1.165) is 0 Å². The van der Waals surface area contributed by atoms with Crippen molar-refractivity contribution < 1.29 is 14.7 Å². The van der Waals surface area contributed by atoms with Gasteiger partial charge in [-0.15, -0.1) is 0 Å². The van der Waals surface area contributed by atoms with E-state index < -0.39 is 0 Å². The lowest BCUT2D eigenvalue weighted by atomic mass is 10.1. The minimum atomic E-state index is -0.192. The van der Waals surface area contributed by atoms with Crippen LogP contribution in [0.25, 0.3) is 0 Å². The minimum absolute atomic E-state index is 0.0892. The average Bonchev–Trinajstić information content (AvgIpc) is 2.40. The zero-order chi connectivity index (χ0) is 11.6. The average molecular weight is 211 g/mol. The third kappa shape index (κ3) is 2.09. The monoisotopic (exact) mass is 211 g/mol. The number of hydrogen-bond acceptors (Lipinski definition) is 3. The second-order valence-corrected chi connectivity index (χ2v) is 3.95. The minimum Gasteiger partial charge on any atom is -0.396 e. The molecule has 1 N–H and O–H groups in total. The first-order valence-electron chi connectivity index (χ1n) is 5.17. The molecule has 1 rings (SSSR count). The molecule has 1 heterocycles. The van der Waals surface area contributed by atoms with E-state index in [9.17, 15) is 9.59 Å². The first kappa shape index (κ1) is 11.9. The lowest BCUT2D eigenvalue weighted by Gasteiger charge is -2.22. The van der Waals surface area contributed by atoms with Crippen molar-refractivity contribution in [3.63, 3.8) is 0 Å². The van der Waals surface area contributed by atoms with Gasteiger partial charge in [0.15, 0.2) is 0 Å². The number of carbonyl (C=O) groups excluding carboxylic acids is 2. The fourth-order valence-electron chi connectivity index (χ4n) is 1.69. The van der Waals surface area contributed by atoms with Crippen molar-refractivity contribution in [2.45, 2.75) is 39.7 Å². The Kier molecular flexibility index (Phi) is 3.63. The van der Waals surface area contributed by atoms with Crippen LogP contribution in [0.15, 0.2) is 11.1 Å². The van der Waals surface area contributed by atoms with Gasteiger partial charge in [0, 0.05) is 23.8 Å². The van der Waals surface area contributed by atoms with Gasteiger partial charge in [-0.3, -0.25) is 14.5 Å². The smallest absolute Gasteiger partial charge is 0.257 e. The van der Waals surface area contributed by atoms with E-state index in [4.69, 9.17) is 5.11 Å². The summed E-state index contributed by atoms with van der Waals surface area (Å²) in [6.45, 7) is 5.27. The number of hydrogen-bond donors (Lipinski definition) is 1. The number of aliphatic hydroxyl groups is 1. The molecule has 0 aliphatic carbocycles. The van der Waals surface area contributed by atoms with E-state index in [1.165, 1.54) is 4.90 Å². The van der Waals surface area contributed by atoms with E-state index in [-0.39, 0.29) is 24.5 Å². The summed E-state index contributed by atoms with van der Waals surface area (Å²) < 4.78 is 0. The maximum Gasteiger partial charge on any atom is 0.257 e. The second kappa shape index (κ2) is 4.57. The van der Waals surface area contributed by atoms with Crippen molar-refractivity contribution in [1.82, 2.24) is 4.90 Å². The summed E-state index contributed by atoms with van der Waals surface area (Å²) in [4.78, 5) is 24.7. The molecule has 0 aromatic rings. The number of amides is 2. The lowest BCUT2D eigenvalue weighted by molar-refractivity contribution is -0.140. The first-order valence-corrected chi connectivity index (χ1v) is 5.17. The van der Waals surface area contributed by atoms with Crippen molar-refractivity contribution in [1.29, 1.82) is 0 Å². The van der Waals surface area contributed by atoms with Gasteiger partial charge in [0.2, 0.25) is 0 Å². The van der Waals surface area contributed by atoms with Crippen LogP contribution in [0, 0.1) is 0 Å². The summed E-state index contributed by atoms with van der Waals surface area (Å²) in [5.41, 5.74) is 1.08. The molecule has 0 saturated carbocycles. The van der Waals surface area contributed by atoms with Gasteiger partial charge in [-0.2, -0.15) is 0 Å². The Labute approximate surface area is 89.6 Å². The van der Waals surface area contributed by atoms with Gasteiger partial charge in [0.05, 0.1) is 0 Å². The Hall–Kier alpha value is -1.16. The number of rotatable bonds is 4. The molecule has 1 unspecified atom stereocenters. The van der Waals surface area contributed by atoms with Crippen LogP contribution in [0.1, 0.15) is 33.6 Å². The zero-order valence-corrected chi connectivity index (χ0v) is 9.41. The SMILES string of the molecule is CC1=C(C)C(=O)N(C(C)CCCO)C1=O. The molecular weight excluding hydrogens is 194 g/mol. The normalized spacial score (nSPS) is 19.1. The fourth-order valence-corrected chi connectivity index (χ4v) is 1.69. The van der Waals surface area contributed by atoms with Gasteiger partial charge in [-0.25, -0.2) is 0 Å². The predicted molar refractivity (Wildman–Crippen MR) is 56.0 cm³/mol. The zero-order valence-electron chi connectivity index (χ0n) is 9.41. The summed E-state index contributed by atoms with van der Waals surface area (Å²) in [5, 5.41) is 8.69. The Morgan fingerprint density at radius 3 is 2.07 bits per heavy atom. The second-order valence-electron chi connectivity index (χ2n) is 3.95. The van der Waals surface area contributed by atoms with Crippen LogP contribution in [0.5, 0.6) is 0 Å². The first-order chi connectivity index (χ1) is 7.00. The molecule has 0 saturated heterocycles. The van der Waals surface area contributed by atoms with Crippen LogP contribution in [-0.4, -0.2) is 34.5 Å². The van der Waals surface area contributed by atoms with Gasteiger partial charge in [-0.05, 0) is 33.6 Å². The molecule has 0 radical (unpaired) electrons. The predicted octanol–water partition coefficient (Wildman–Crippen LogP) is 0.853. The Morgan fingerprint density at radius 1 is 1.20 bits per heavy atom. The summed E-state index contributed by atoms with van der Waals surface area (Å²) in [7, 11) is 0. The largest absolute Gasteiger partial charge is 0.396 e. The molecule has 0 fully saturated rings. The van der Waals surface area contributed by atoms with E-state index in [0.29, 0.717) is 24.0 Å². The van der Waals surface area contributed by atoms with Gasteiger partial charge in [0.1, 0.15) is 0 Å². The number of aliphatic hydroxyl groups excluding tert-OH is 1. The molecule has 2 amide bonds. The molecule has 1 aliphatic heterocycles. The molecular formula is C11H17NO3. The highest BCUT2D eigenvalue weighted by Gasteiger charge is 2.35. The molecule has 1 atom stereocenters. The Balaban J connectivity index is 2.74. The van der Waals surface area contributed by atoms with E-state index in [2.05, 4.69) is 0 Å². The van der Waals surface area contributed by atoms with Gasteiger partial charge >= 0.3 is 0 Å². The Bertz CT molecular complexity index is 296. The summed E-state index contributed by atoms with van der Waals surface area (Å²) >= 11 is 0. The highest BCUT2D eigenvalue weighted by atomic mass is 16.3. The Morgan fingerprint density at radius 2 is 1.67 bits per heavy atom. The van der Waals surface area contributed by atoms with Crippen LogP contribution < -0.4 is 0 Å². The third-order valence-corrected chi connectivity index (χ3v) is 2.86. The molecule has 0 bridgehead atoms. The molecule has 1 aliphatic rings. The molecule has 84 valence electrons. The maximum absolute atomic E-state index is 11.7. The molecule has 15 heavy (non-hydrogen) atoms. The van der Waals surface area contributed by atoms with Gasteiger partial charge in [0.25, 0.3) is 11.8 Å². The summed E-state index contributed by atoms with van der Waals surface area (Å²) in [6.07, 6.45) is 1.25. The number of imide groups is 1. The number of nitrogens with zero attached hydrogens (tertiary/aromatic N) is 1. The van der Waals surface area contributed by atoms with Gasteiger partial charge in [-0.1, -0.05) is 0 Å². The molecule has 0 spiro atoms. The van der Waals surface area contributed by atoms with Crippen LogP contribution in [-0.2, 0) is 9.59 Å². The highest BCUT2D eigenvalue weighted by molar-refractivity contribution is 6.18. The maximum atomic E-state index is 11.7. The van der Waals surface area contributed by atoms with Crippen molar-refractivity contribution in [3.8, 4) is 0 Å². The highest BCUT2D eigenvalue weighted by Crippen LogP contribution is 2.23. The van der Waals surface area contributed by atoms with Crippen molar-refractivity contribution in [3.05, 3.63) is 11.1 Å². The van der Waals surface area contributed by atoms with Crippen LogP contribution in [0.2, 0.25) is 0 Å². The van der Waals surface area contributed by atoms with Crippen molar-refractivity contribution in [2.75, 3.05) is 6.61 Å². The molecule has 0 aromatic heterocycles. The van der Waals surface area contributed by atoms with Crippen molar-refractivity contribution >= 4 is 11.8 Å². The number of carbonyl (C=O) groups is 2. The van der Waals surface area contributed by atoms with Crippen LogP contribution in [0.3, 0.4) is 0 Å². The van der Waals surface area contributed by atoms with Gasteiger partial charge < -0.3 is 5.11 Å². The lowest BCUT2D eigenvalue weighted by Crippen LogP contribution is -2.39.